The van der Waals surface area contributed by atoms with Crippen LogP contribution < -0.4 is 5.32 Å². The van der Waals surface area contributed by atoms with Crippen molar-refractivity contribution in [2.45, 2.75) is 63.7 Å². The Morgan fingerprint density at radius 2 is 1.85 bits per heavy atom. The summed E-state index contributed by atoms with van der Waals surface area (Å²) in [6, 6.07) is 0. The molecule has 1 N–H and O–H groups in total. The van der Waals surface area contributed by atoms with Gasteiger partial charge in [0.2, 0.25) is 5.89 Å². The van der Waals surface area contributed by atoms with Gasteiger partial charge in [0.25, 0.3) is 0 Å². The summed E-state index contributed by atoms with van der Waals surface area (Å²) in [5.41, 5.74) is 0. The Hall–Kier alpha value is -0.610. The fourth-order valence-corrected chi connectivity index (χ4v) is 3.40. The molecular formula is C15H26ClN3O. The number of piperidine rings is 1. The normalized spacial score (nSPS) is 24.9. The fraction of sp³-hybridized carbons (Fsp3) is 0.867. The van der Waals surface area contributed by atoms with Crippen LogP contribution in [0.25, 0.3) is 0 Å². The SMILES string of the molecule is C1CCCC(c2noc(CC3CCCNC3)n2)CC1.Cl. The number of halogens is 1. The molecular weight excluding hydrogens is 274 g/mol. The first-order valence-corrected chi connectivity index (χ1v) is 7.95. The first-order chi connectivity index (χ1) is 9.42. The summed E-state index contributed by atoms with van der Waals surface area (Å²) in [6.45, 7) is 2.26. The topological polar surface area (TPSA) is 51.0 Å². The summed E-state index contributed by atoms with van der Waals surface area (Å²) < 4.78 is 5.47. The van der Waals surface area contributed by atoms with Crippen molar-refractivity contribution in [3.05, 3.63) is 11.7 Å². The Kier molecular flexibility index (Phi) is 6.30. The molecule has 2 fully saturated rings. The van der Waals surface area contributed by atoms with Crippen LogP contribution in [0.4, 0.5) is 0 Å². The van der Waals surface area contributed by atoms with Crippen molar-refractivity contribution in [3.63, 3.8) is 0 Å². The fourth-order valence-electron chi connectivity index (χ4n) is 3.40. The van der Waals surface area contributed by atoms with Gasteiger partial charge in [-0.1, -0.05) is 30.8 Å². The molecule has 3 rings (SSSR count). The molecule has 1 saturated carbocycles. The van der Waals surface area contributed by atoms with E-state index in [1.165, 1.54) is 51.4 Å². The van der Waals surface area contributed by atoms with Crippen LogP contribution in [0.2, 0.25) is 0 Å². The predicted octanol–water partition coefficient (Wildman–Crippen LogP) is 3.47. The average molecular weight is 300 g/mol. The molecule has 0 radical (unpaired) electrons. The van der Waals surface area contributed by atoms with E-state index in [9.17, 15) is 0 Å². The van der Waals surface area contributed by atoms with Crippen molar-refractivity contribution in [2.75, 3.05) is 13.1 Å². The van der Waals surface area contributed by atoms with E-state index in [1.807, 2.05) is 0 Å². The van der Waals surface area contributed by atoms with Crippen LogP contribution in [0.15, 0.2) is 4.52 Å². The zero-order valence-electron chi connectivity index (χ0n) is 12.1. The maximum atomic E-state index is 5.47. The number of hydrogen-bond donors (Lipinski definition) is 1. The predicted molar refractivity (Wildman–Crippen MR) is 81.3 cm³/mol. The van der Waals surface area contributed by atoms with E-state index in [0.29, 0.717) is 11.8 Å². The number of aromatic nitrogens is 2. The molecule has 0 bridgehead atoms. The molecule has 0 aromatic carbocycles. The highest BCUT2D eigenvalue weighted by atomic mass is 35.5. The van der Waals surface area contributed by atoms with Gasteiger partial charge in [0.1, 0.15) is 0 Å². The van der Waals surface area contributed by atoms with Gasteiger partial charge < -0.3 is 9.84 Å². The molecule has 1 aromatic rings. The van der Waals surface area contributed by atoms with E-state index >= 15 is 0 Å². The van der Waals surface area contributed by atoms with Crippen LogP contribution >= 0.6 is 12.4 Å². The van der Waals surface area contributed by atoms with Crippen molar-refractivity contribution in [1.29, 1.82) is 0 Å². The second-order valence-electron chi connectivity index (χ2n) is 6.15. The van der Waals surface area contributed by atoms with Crippen LogP contribution in [0.3, 0.4) is 0 Å². The Morgan fingerprint density at radius 1 is 1.05 bits per heavy atom. The number of nitrogens with one attached hydrogen (secondary N) is 1. The molecule has 1 aliphatic carbocycles. The van der Waals surface area contributed by atoms with E-state index in [0.717, 1.165) is 31.2 Å². The van der Waals surface area contributed by atoms with Crippen LogP contribution in [0.1, 0.15) is 69.0 Å². The third kappa shape index (κ3) is 4.19. The van der Waals surface area contributed by atoms with E-state index in [2.05, 4.69) is 15.5 Å². The molecule has 1 atom stereocenters. The summed E-state index contributed by atoms with van der Waals surface area (Å²) in [6.07, 6.45) is 11.4. The Bertz CT molecular complexity index is 382. The maximum absolute atomic E-state index is 5.47. The second kappa shape index (κ2) is 7.99. The van der Waals surface area contributed by atoms with E-state index in [4.69, 9.17) is 4.52 Å². The molecule has 2 heterocycles. The molecule has 20 heavy (non-hydrogen) atoms. The summed E-state index contributed by atoms with van der Waals surface area (Å²) >= 11 is 0. The lowest BCUT2D eigenvalue weighted by molar-refractivity contribution is 0.313. The monoisotopic (exact) mass is 299 g/mol. The van der Waals surface area contributed by atoms with Gasteiger partial charge >= 0.3 is 0 Å². The Labute approximate surface area is 127 Å². The van der Waals surface area contributed by atoms with E-state index in [-0.39, 0.29) is 12.4 Å². The van der Waals surface area contributed by atoms with Crippen LogP contribution in [0.5, 0.6) is 0 Å². The lowest BCUT2D eigenvalue weighted by Gasteiger charge is -2.20. The van der Waals surface area contributed by atoms with Crippen molar-refractivity contribution in [2.24, 2.45) is 5.92 Å². The molecule has 1 unspecified atom stereocenters. The Morgan fingerprint density at radius 3 is 2.55 bits per heavy atom. The lowest BCUT2D eigenvalue weighted by Crippen LogP contribution is -2.30. The highest BCUT2D eigenvalue weighted by molar-refractivity contribution is 5.85. The average Bonchev–Trinajstić information content (AvgIpc) is 2.74. The highest BCUT2D eigenvalue weighted by Crippen LogP contribution is 2.30. The van der Waals surface area contributed by atoms with Gasteiger partial charge in [0.15, 0.2) is 5.82 Å². The molecule has 4 nitrogen and oxygen atoms in total. The molecule has 0 amide bonds. The van der Waals surface area contributed by atoms with Gasteiger partial charge in [0.05, 0.1) is 0 Å². The van der Waals surface area contributed by atoms with Crippen LogP contribution in [-0.2, 0) is 6.42 Å². The van der Waals surface area contributed by atoms with Gasteiger partial charge in [-0.2, -0.15) is 4.98 Å². The summed E-state index contributed by atoms with van der Waals surface area (Å²) in [4.78, 5) is 4.66. The van der Waals surface area contributed by atoms with E-state index < -0.39 is 0 Å². The Balaban J connectivity index is 0.00000147. The van der Waals surface area contributed by atoms with Crippen molar-refractivity contribution in [3.8, 4) is 0 Å². The largest absolute Gasteiger partial charge is 0.339 e. The van der Waals surface area contributed by atoms with Crippen molar-refractivity contribution < 1.29 is 4.52 Å². The first-order valence-electron chi connectivity index (χ1n) is 7.95. The van der Waals surface area contributed by atoms with Crippen molar-refractivity contribution >= 4 is 12.4 Å². The van der Waals surface area contributed by atoms with Gasteiger partial charge in [-0.3, -0.25) is 0 Å². The molecule has 5 heteroatoms. The zero-order valence-corrected chi connectivity index (χ0v) is 13.0. The third-order valence-corrected chi connectivity index (χ3v) is 4.57. The molecule has 2 aliphatic rings. The van der Waals surface area contributed by atoms with Crippen LogP contribution in [-0.4, -0.2) is 23.2 Å². The zero-order chi connectivity index (χ0) is 12.9. The summed E-state index contributed by atoms with van der Waals surface area (Å²) in [7, 11) is 0. The minimum atomic E-state index is 0. The van der Waals surface area contributed by atoms with Gasteiger partial charge in [-0.15, -0.1) is 12.4 Å². The smallest absolute Gasteiger partial charge is 0.226 e. The first kappa shape index (κ1) is 15.8. The minimum Gasteiger partial charge on any atom is -0.339 e. The van der Waals surface area contributed by atoms with Gasteiger partial charge in [0, 0.05) is 12.3 Å². The molecule has 1 aliphatic heterocycles. The number of nitrogens with zero attached hydrogens (tertiary/aromatic N) is 2. The summed E-state index contributed by atoms with van der Waals surface area (Å²) in [5.74, 6) is 3.05. The molecule has 1 saturated heterocycles. The van der Waals surface area contributed by atoms with Gasteiger partial charge in [-0.25, -0.2) is 0 Å². The number of hydrogen-bond acceptors (Lipinski definition) is 4. The maximum Gasteiger partial charge on any atom is 0.226 e. The number of rotatable bonds is 3. The molecule has 0 spiro atoms. The summed E-state index contributed by atoms with van der Waals surface area (Å²) in [5, 5.41) is 7.68. The van der Waals surface area contributed by atoms with Crippen molar-refractivity contribution in [1.82, 2.24) is 15.5 Å². The lowest BCUT2D eigenvalue weighted by atomic mass is 9.96. The minimum absolute atomic E-state index is 0. The second-order valence-corrected chi connectivity index (χ2v) is 6.15. The highest BCUT2D eigenvalue weighted by Gasteiger charge is 2.22. The van der Waals surface area contributed by atoms with Gasteiger partial charge in [-0.05, 0) is 44.7 Å². The molecule has 114 valence electrons. The van der Waals surface area contributed by atoms with E-state index in [1.54, 1.807) is 0 Å². The quantitative estimate of drug-likeness (QED) is 0.868. The third-order valence-electron chi connectivity index (χ3n) is 4.57. The molecule has 1 aromatic heterocycles. The van der Waals surface area contributed by atoms with Crippen LogP contribution in [0, 0.1) is 5.92 Å². The standard InChI is InChI=1S/C15H25N3O.ClH/c1-2-4-8-13(7-3-1)15-17-14(19-18-15)10-12-6-5-9-16-11-12;/h12-13,16H,1-11H2;1H.